The molecule has 8 heteroatoms. The van der Waals surface area contributed by atoms with Gasteiger partial charge in [0.1, 0.15) is 11.5 Å². The largest absolute Gasteiger partial charge is 0.508 e. The summed E-state index contributed by atoms with van der Waals surface area (Å²) in [5.41, 5.74) is 1.18. The van der Waals surface area contributed by atoms with E-state index in [-0.39, 0.29) is 16.7 Å². The lowest BCUT2D eigenvalue weighted by molar-refractivity contribution is 0.241. The molecule has 0 aliphatic rings. The minimum Gasteiger partial charge on any atom is -0.508 e. The number of aromatic hydroxyl groups is 2. The van der Waals surface area contributed by atoms with Crippen LogP contribution in [0.15, 0.2) is 65.8 Å². The van der Waals surface area contributed by atoms with E-state index < -0.39 is 0 Å². The molecule has 0 aliphatic heterocycles. The van der Waals surface area contributed by atoms with E-state index in [1.807, 2.05) is 42.5 Å². The summed E-state index contributed by atoms with van der Waals surface area (Å²) in [6.45, 7) is 0. The van der Waals surface area contributed by atoms with Crippen LogP contribution in [0, 0.1) is 0 Å². The van der Waals surface area contributed by atoms with Crippen molar-refractivity contribution < 1.29 is 15.0 Å². The van der Waals surface area contributed by atoms with Gasteiger partial charge in [-0.1, -0.05) is 36.4 Å². The molecule has 0 radical (unpaired) electrons. The molecule has 0 bridgehead atoms. The molecule has 0 spiro atoms. The fourth-order valence-electron chi connectivity index (χ4n) is 3.01. The SMILES string of the molecule is CN(C)C(=O)Sc1nnc(-c2ccc(O)cc2O)n1-c1cccc2ccccc12. The second-order valence-electron chi connectivity index (χ2n) is 6.60. The number of carbonyl (C=O) groups is 1. The zero-order valence-electron chi connectivity index (χ0n) is 15.8. The van der Waals surface area contributed by atoms with Gasteiger partial charge < -0.3 is 15.1 Å². The van der Waals surface area contributed by atoms with Crippen molar-refractivity contribution in [3.05, 3.63) is 60.7 Å². The van der Waals surface area contributed by atoms with Crippen molar-refractivity contribution in [3.63, 3.8) is 0 Å². The molecule has 7 nitrogen and oxygen atoms in total. The number of rotatable bonds is 3. The van der Waals surface area contributed by atoms with E-state index in [1.165, 1.54) is 17.0 Å². The Bertz CT molecular complexity index is 1210. The molecular formula is C21H18N4O3S. The van der Waals surface area contributed by atoms with E-state index in [2.05, 4.69) is 10.2 Å². The van der Waals surface area contributed by atoms with Crippen molar-refractivity contribution in [1.29, 1.82) is 0 Å². The molecular weight excluding hydrogens is 388 g/mol. The molecule has 1 amide bonds. The number of fused-ring (bicyclic) bond motifs is 1. The number of aromatic nitrogens is 3. The van der Waals surface area contributed by atoms with Crippen LogP contribution in [0.2, 0.25) is 0 Å². The Hall–Kier alpha value is -3.52. The lowest BCUT2D eigenvalue weighted by Gasteiger charge is -2.14. The molecule has 0 aliphatic carbocycles. The summed E-state index contributed by atoms with van der Waals surface area (Å²) < 4.78 is 1.75. The first kappa shape index (κ1) is 18.8. The Balaban J connectivity index is 1.98. The van der Waals surface area contributed by atoms with Gasteiger partial charge in [0.25, 0.3) is 5.24 Å². The van der Waals surface area contributed by atoms with Crippen LogP contribution in [0.5, 0.6) is 11.5 Å². The van der Waals surface area contributed by atoms with Crippen LogP contribution in [0.3, 0.4) is 0 Å². The molecule has 2 N–H and O–H groups in total. The Labute approximate surface area is 171 Å². The summed E-state index contributed by atoms with van der Waals surface area (Å²) in [6, 6.07) is 18.0. The maximum Gasteiger partial charge on any atom is 0.288 e. The van der Waals surface area contributed by atoms with E-state index in [4.69, 9.17) is 0 Å². The summed E-state index contributed by atoms with van der Waals surface area (Å²) in [5.74, 6) is 0.183. The normalized spacial score (nSPS) is 11.0. The van der Waals surface area contributed by atoms with Crippen molar-refractivity contribution in [3.8, 4) is 28.6 Å². The highest BCUT2D eigenvalue weighted by Crippen LogP contribution is 2.36. The van der Waals surface area contributed by atoms with Gasteiger partial charge in [-0.3, -0.25) is 9.36 Å². The van der Waals surface area contributed by atoms with Gasteiger partial charge in [0, 0.05) is 37.3 Å². The zero-order chi connectivity index (χ0) is 20.5. The van der Waals surface area contributed by atoms with Crippen LogP contribution in [0.4, 0.5) is 4.79 Å². The van der Waals surface area contributed by atoms with Crippen LogP contribution in [-0.2, 0) is 0 Å². The first-order valence-electron chi connectivity index (χ1n) is 8.81. The number of carbonyl (C=O) groups excluding carboxylic acids is 1. The van der Waals surface area contributed by atoms with Crippen molar-refractivity contribution in [2.75, 3.05) is 14.1 Å². The molecule has 0 unspecified atom stereocenters. The minimum atomic E-state index is -0.194. The number of hydrogen-bond donors (Lipinski definition) is 2. The third-order valence-corrected chi connectivity index (χ3v) is 5.39. The number of phenolic OH excluding ortho intramolecular Hbond substituents is 2. The van der Waals surface area contributed by atoms with E-state index in [0.29, 0.717) is 16.5 Å². The third-order valence-electron chi connectivity index (χ3n) is 4.41. The maximum atomic E-state index is 12.3. The third kappa shape index (κ3) is 3.50. The van der Waals surface area contributed by atoms with Gasteiger partial charge in [-0.2, -0.15) is 0 Å². The standard InChI is InChI=1S/C21H18N4O3S/c1-24(2)21(28)29-20-23-22-19(16-11-10-14(26)12-18(16)27)25(20)17-9-5-7-13-6-3-4-8-15(13)17/h3-12,26-27H,1-2H3. The Morgan fingerprint density at radius 2 is 1.76 bits per heavy atom. The molecule has 4 rings (SSSR count). The monoisotopic (exact) mass is 406 g/mol. The van der Waals surface area contributed by atoms with E-state index >= 15 is 0 Å². The van der Waals surface area contributed by atoms with E-state index in [1.54, 1.807) is 24.7 Å². The molecule has 1 heterocycles. The Morgan fingerprint density at radius 1 is 1.00 bits per heavy atom. The molecule has 0 fully saturated rings. The highest BCUT2D eigenvalue weighted by molar-refractivity contribution is 8.13. The maximum absolute atomic E-state index is 12.3. The first-order chi connectivity index (χ1) is 14.0. The predicted molar refractivity (Wildman–Crippen MR) is 113 cm³/mol. The number of amides is 1. The fourth-order valence-corrected chi connectivity index (χ4v) is 3.71. The summed E-state index contributed by atoms with van der Waals surface area (Å²) in [7, 11) is 3.33. The first-order valence-corrected chi connectivity index (χ1v) is 9.62. The topological polar surface area (TPSA) is 91.5 Å². The molecule has 0 saturated heterocycles. The predicted octanol–water partition coefficient (Wildman–Crippen LogP) is 4.27. The van der Waals surface area contributed by atoms with Crippen molar-refractivity contribution in [2.24, 2.45) is 0 Å². The van der Waals surface area contributed by atoms with Gasteiger partial charge in [-0.15, -0.1) is 10.2 Å². The number of thioether (sulfide) groups is 1. The summed E-state index contributed by atoms with van der Waals surface area (Å²) in [5, 5.41) is 30.7. The molecule has 29 heavy (non-hydrogen) atoms. The highest BCUT2D eigenvalue weighted by Gasteiger charge is 2.22. The van der Waals surface area contributed by atoms with Crippen LogP contribution in [-0.4, -0.2) is 49.2 Å². The second-order valence-corrected chi connectivity index (χ2v) is 7.52. The van der Waals surface area contributed by atoms with Gasteiger partial charge in [0.15, 0.2) is 5.82 Å². The van der Waals surface area contributed by atoms with Crippen LogP contribution >= 0.6 is 11.8 Å². The Kier molecular flexibility index (Phi) is 4.85. The van der Waals surface area contributed by atoms with Crippen molar-refractivity contribution in [2.45, 2.75) is 5.16 Å². The number of phenols is 2. The van der Waals surface area contributed by atoms with Crippen LogP contribution in [0.25, 0.3) is 27.8 Å². The summed E-state index contributed by atoms with van der Waals surface area (Å²) >= 11 is 0.952. The van der Waals surface area contributed by atoms with Gasteiger partial charge in [0.2, 0.25) is 5.16 Å². The van der Waals surface area contributed by atoms with E-state index in [9.17, 15) is 15.0 Å². The highest BCUT2D eigenvalue weighted by atomic mass is 32.2. The van der Waals surface area contributed by atoms with Gasteiger partial charge in [-0.05, 0) is 23.6 Å². The Morgan fingerprint density at radius 3 is 2.52 bits per heavy atom. The summed E-state index contributed by atoms with van der Waals surface area (Å²) in [6.07, 6.45) is 0. The van der Waals surface area contributed by atoms with Gasteiger partial charge in [-0.25, -0.2) is 0 Å². The minimum absolute atomic E-state index is 0.0557. The van der Waals surface area contributed by atoms with E-state index in [0.717, 1.165) is 28.2 Å². The quantitative estimate of drug-likeness (QED) is 0.494. The van der Waals surface area contributed by atoms with Crippen molar-refractivity contribution >= 4 is 27.8 Å². The smallest absolute Gasteiger partial charge is 0.288 e. The average Bonchev–Trinajstić information content (AvgIpc) is 3.10. The van der Waals surface area contributed by atoms with Crippen LogP contribution in [0.1, 0.15) is 0 Å². The average molecular weight is 406 g/mol. The van der Waals surface area contributed by atoms with Gasteiger partial charge >= 0.3 is 0 Å². The second kappa shape index (κ2) is 7.48. The van der Waals surface area contributed by atoms with Crippen LogP contribution < -0.4 is 0 Å². The molecule has 0 atom stereocenters. The molecule has 1 aromatic heterocycles. The zero-order valence-corrected chi connectivity index (χ0v) is 16.6. The molecule has 0 saturated carbocycles. The van der Waals surface area contributed by atoms with Gasteiger partial charge in [0.05, 0.1) is 11.3 Å². The summed E-state index contributed by atoms with van der Waals surface area (Å²) in [4.78, 5) is 13.8. The molecule has 146 valence electrons. The number of nitrogens with zero attached hydrogens (tertiary/aromatic N) is 4. The van der Waals surface area contributed by atoms with Crippen molar-refractivity contribution in [1.82, 2.24) is 19.7 Å². The number of hydrogen-bond acceptors (Lipinski definition) is 6. The fraction of sp³-hybridized carbons (Fsp3) is 0.0952. The lowest BCUT2D eigenvalue weighted by atomic mass is 10.1. The number of benzene rings is 3. The molecule has 4 aromatic rings. The molecule has 3 aromatic carbocycles. The lowest BCUT2D eigenvalue weighted by Crippen LogP contribution is -2.17.